The van der Waals surface area contributed by atoms with E-state index in [1.54, 1.807) is 43.0 Å². The summed E-state index contributed by atoms with van der Waals surface area (Å²) in [6, 6.07) is 10.7. The molecule has 0 aliphatic rings. The van der Waals surface area contributed by atoms with Gasteiger partial charge in [-0.25, -0.2) is 9.78 Å². The van der Waals surface area contributed by atoms with Crippen LogP contribution >= 0.6 is 0 Å². The van der Waals surface area contributed by atoms with Crippen LogP contribution in [-0.4, -0.2) is 34.7 Å². The molecule has 2 aromatic heterocycles. The number of aromatic nitrogens is 2. The number of ether oxygens (including phenoxy) is 2. The first-order valence-electron chi connectivity index (χ1n) is 7.03. The zero-order chi connectivity index (χ0) is 16.4. The average Bonchev–Trinajstić information content (AvgIpc) is 2.96. The lowest BCUT2D eigenvalue weighted by Crippen LogP contribution is -2.03. The molecule has 3 rings (SSSR count). The predicted octanol–water partition coefficient (Wildman–Crippen LogP) is 2.64. The number of hydrogen-bond acceptors (Lipinski definition) is 4. The number of imidazole rings is 1. The normalized spacial score (nSPS) is 10.7. The summed E-state index contributed by atoms with van der Waals surface area (Å²) >= 11 is 0. The molecule has 0 saturated carbocycles. The van der Waals surface area contributed by atoms with Crippen LogP contribution in [0.1, 0.15) is 21.7 Å². The van der Waals surface area contributed by atoms with Crippen LogP contribution in [0.15, 0.2) is 42.6 Å². The number of carbonyl (C=O) groups is 1. The van der Waals surface area contributed by atoms with E-state index in [9.17, 15) is 9.90 Å². The van der Waals surface area contributed by atoms with E-state index >= 15 is 0 Å². The minimum Gasteiger partial charge on any atom is -0.493 e. The van der Waals surface area contributed by atoms with Crippen LogP contribution in [0.2, 0.25) is 0 Å². The molecule has 0 amide bonds. The lowest BCUT2D eigenvalue weighted by atomic mass is 10.1. The zero-order valence-corrected chi connectivity index (χ0v) is 12.8. The number of benzene rings is 1. The van der Waals surface area contributed by atoms with E-state index in [0.717, 1.165) is 11.3 Å². The van der Waals surface area contributed by atoms with Gasteiger partial charge in [-0.3, -0.25) is 4.40 Å². The van der Waals surface area contributed by atoms with Gasteiger partial charge in [0.2, 0.25) is 0 Å². The van der Waals surface area contributed by atoms with E-state index in [4.69, 9.17) is 9.47 Å². The molecule has 6 heteroatoms. The van der Waals surface area contributed by atoms with Crippen molar-refractivity contribution in [2.45, 2.75) is 6.42 Å². The minimum absolute atomic E-state index is 0.188. The molecule has 0 radical (unpaired) electrons. The van der Waals surface area contributed by atoms with Crippen LogP contribution < -0.4 is 9.47 Å². The van der Waals surface area contributed by atoms with Crippen LogP contribution in [0.5, 0.6) is 11.5 Å². The molecule has 23 heavy (non-hydrogen) atoms. The second-order valence-corrected chi connectivity index (χ2v) is 5.04. The molecule has 0 atom stereocenters. The van der Waals surface area contributed by atoms with Gasteiger partial charge in [0.15, 0.2) is 11.5 Å². The summed E-state index contributed by atoms with van der Waals surface area (Å²) < 4.78 is 12.1. The summed E-state index contributed by atoms with van der Waals surface area (Å²) in [4.78, 5) is 15.7. The zero-order valence-electron chi connectivity index (χ0n) is 12.8. The molecule has 0 fully saturated rings. The largest absolute Gasteiger partial charge is 0.493 e. The lowest BCUT2D eigenvalue weighted by molar-refractivity contribution is 0.0689. The van der Waals surface area contributed by atoms with Gasteiger partial charge in [-0.2, -0.15) is 0 Å². The van der Waals surface area contributed by atoms with Gasteiger partial charge in [0.25, 0.3) is 0 Å². The van der Waals surface area contributed by atoms with E-state index in [-0.39, 0.29) is 5.69 Å². The third-order valence-corrected chi connectivity index (χ3v) is 3.59. The Bertz CT molecular complexity index is 870. The maximum absolute atomic E-state index is 11.3. The SMILES string of the molecule is COc1ccc(Cc2cn3c(C(=O)O)cccc3n2)cc1OC. The molecule has 3 aromatic rings. The first-order valence-corrected chi connectivity index (χ1v) is 7.03. The van der Waals surface area contributed by atoms with Gasteiger partial charge >= 0.3 is 5.97 Å². The van der Waals surface area contributed by atoms with Gasteiger partial charge in [0.05, 0.1) is 19.9 Å². The van der Waals surface area contributed by atoms with Crippen molar-refractivity contribution in [2.75, 3.05) is 14.2 Å². The quantitative estimate of drug-likeness (QED) is 0.784. The number of aromatic carboxylic acids is 1. The Balaban J connectivity index is 1.96. The molecule has 0 unspecified atom stereocenters. The van der Waals surface area contributed by atoms with Gasteiger partial charge in [0.1, 0.15) is 11.3 Å². The summed E-state index contributed by atoms with van der Waals surface area (Å²) in [6.45, 7) is 0. The maximum Gasteiger partial charge on any atom is 0.352 e. The van der Waals surface area contributed by atoms with Crippen molar-refractivity contribution in [3.8, 4) is 11.5 Å². The Kier molecular flexibility index (Phi) is 3.89. The Morgan fingerprint density at radius 1 is 1.17 bits per heavy atom. The fourth-order valence-corrected chi connectivity index (χ4v) is 2.52. The fourth-order valence-electron chi connectivity index (χ4n) is 2.52. The van der Waals surface area contributed by atoms with Gasteiger partial charge < -0.3 is 14.6 Å². The molecule has 118 valence electrons. The molecular formula is C17H16N2O4. The number of carboxylic acid groups (broad SMARTS) is 1. The highest BCUT2D eigenvalue weighted by atomic mass is 16.5. The Hall–Kier alpha value is -3.02. The second kappa shape index (κ2) is 6.00. The molecule has 0 bridgehead atoms. The predicted molar refractivity (Wildman–Crippen MR) is 84.5 cm³/mol. The molecular weight excluding hydrogens is 296 g/mol. The highest BCUT2D eigenvalue weighted by Crippen LogP contribution is 2.28. The molecule has 1 N–H and O–H groups in total. The van der Waals surface area contributed by atoms with Crippen LogP contribution in [0.3, 0.4) is 0 Å². The summed E-state index contributed by atoms with van der Waals surface area (Å²) in [5.74, 6) is 0.338. The average molecular weight is 312 g/mol. The topological polar surface area (TPSA) is 73.1 Å². The van der Waals surface area contributed by atoms with Crippen molar-refractivity contribution in [3.05, 3.63) is 59.5 Å². The first-order chi connectivity index (χ1) is 11.1. The van der Waals surface area contributed by atoms with Crippen molar-refractivity contribution < 1.29 is 19.4 Å². The van der Waals surface area contributed by atoms with E-state index in [1.165, 1.54) is 0 Å². The van der Waals surface area contributed by atoms with Gasteiger partial charge in [-0.15, -0.1) is 0 Å². The summed E-state index contributed by atoms with van der Waals surface area (Å²) in [5.41, 5.74) is 2.59. The third kappa shape index (κ3) is 2.83. The number of hydrogen-bond donors (Lipinski definition) is 1. The lowest BCUT2D eigenvalue weighted by Gasteiger charge is -2.08. The maximum atomic E-state index is 11.3. The third-order valence-electron chi connectivity index (χ3n) is 3.59. The number of fused-ring (bicyclic) bond motifs is 1. The molecule has 1 aromatic carbocycles. The van der Waals surface area contributed by atoms with Crippen molar-refractivity contribution in [3.63, 3.8) is 0 Å². The highest BCUT2D eigenvalue weighted by Gasteiger charge is 2.11. The van der Waals surface area contributed by atoms with Crippen LogP contribution in [0.4, 0.5) is 0 Å². The van der Waals surface area contributed by atoms with Gasteiger partial charge in [0, 0.05) is 12.6 Å². The highest BCUT2D eigenvalue weighted by molar-refractivity contribution is 5.86. The number of nitrogens with zero attached hydrogens (tertiary/aromatic N) is 2. The summed E-state index contributed by atoms with van der Waals surface area (Å²) in [6.07, 6.45) is 2.32. The molecule has 2 heterocycles. The Labute approximate surface area is 132 Å². The number of rotatable bonds is 5. The smallest absolute Gasteiger partial charge is 0.352 e. The molecule has 0 aliphatic carbocycles. The van der Waals surface area contributed by atoms with Crippen LogP contribution in [0, 0.1) is 0 Å². The van der Waals surface area contributed by atoms with Gasteiger partial charge in [-0.1, -0.05) is 12.1 Å². The van der Waals surface area contributed by atoms with Crippen molar-refractivity contribution in [1.82, 2.24) is 9.38 Å². The molecule has 0 spiro atoms. The minimum atomic E-state index is -0.981. The second-order valence-electron chi connectivity index (χ2n) is 5.04. The van der Waals surface area contributed by atoms with Crippen molar-refractivity contribution in [1.29, 1.82) is 0 Å². The number of pyridine rings is 1. The monoisotopic (exact) mass is 312 g/mol. The van der Waals surface area contributed by atoms with Gasteiger partial charge in [-0.05, 0) is 29.8 Å². The van der Waals surface area contributed by atoms with Crippen LogP contribution in [-0.2, 0) is 6.42 Å². The Morgan fingerprint density at radius 2 is 1.96 bits per heavy atom. The van der Waals surface area contributed by atoms with E-state index in [2.05, 4.69) is 4.98 Å². The van der Waals surface area contributed by atoms with E-state index in [1.807, 2.05) is 18.2 Å². The van der Waals surface area contributed by atoms with Crippen molar-refractivity contribution in [2.24, 2.45) is 0 Å². The van der Waals surface area contributed by atoms with E-state index in [0.29, 0.717) is 23.6 Å². The summed E-state index contributed by atoms with van der Waals surface area (Å²) in [5, 5.41) is 9.23. The Morgan fingerprint density at radius 3 is 2.65 bits per heavy atom. The number of carboxylic acids is 1. The molecule has 0 aliphatic heterocycles. The van der Waals surface area contributed by atoms with Crippen molar-refractivity contribution >= 4 is 11.6 Å². The standard InChI is InChI=1S/C17H16N2O4/c1-22-14-7-6-11(9-15(14)23-2)8-12-10-19-13(17(20)21)4-3-5-16(19)18-12/h3-7,9-10H,8H2,1-2H3,(H,20,21). The van der Waals surface area contributed by atoms with Crippen LogP contribution in [0.25, 0.3) is 5.65 Å². The molecule has 0 saturated heterocycles. The summed E-state index contributed by atoms with van der Waals surface area (Å²) in [7, 11) is 3.18. The molecule has 6 nitrogen and oxygen atoms in total. The number of methoxy groups -OCH3 is 2. The van der Waals surface area contributed by atoms with E-state index < -0.39 is 5.97 Å². The fraction of sp³-hybridized carbons (Fsp3) is 0.176. The first kappa shape index (κ1) is 14.9.